The van der Waals surface area contributed by atoms with Gasteiger partial charge in [-0.3, -0.25) is 9.59 Å². The molecule has 0 saturated carbocycles. The number of carbonyl (C=O) groups is 2. The maximum Gasteiger partial charge on any atom is 0.304 e. The normalized spacial score (nSPS) is 12.1. The molecule has 0 amide bonds. The molecule has 0 aliphatic heterocycles. The van der Waals surface area contributed by atoms with Crippen LogP contribution in [0, 0.1) is 5.92 Å². The molecular weight excluding hydrogens is 250 g/mol. The number of hydrogen-bond donors (Lipinski definition) is 3. The summed E-state index contributed by atoms with van der Waals surface area (Å²) in [5.74, 6) is -0.606. The zero-order valence-electron chi connectivity index (χ0n) is 10.0. The van der Waals surface area contributed by atoms with Crippen LogP contribution in [0.15, 0.2) is 30.3 Å². The molecule has 0 spiro atoms. The van der Waals surface area contributed by atoms with Gasteiger partial charge in [-0.15, -0.1) is 0 Å². The molecule has 2 N–H and O–H groups in total. The molecule has 98 valence electrons. The van der Waals surface area contributed by atoms with Crippen molar-refractivity contribution in [2.75, 3.05) is 18.8 Å². The first kappa shape index (κ1) is 14.7. The van der Waals surface area contributed by atoms with Gasteiger partial charge in [0.15, 0.2) is 5.78 Å². The fourth-order valence-corrected chi connectivity index (χ4v) is 1.84. The molecule has 0 radical (unpaired) electrons. The Kier molecular flexibility index (Phi) is 6.46. The van der Waals surface area contributed by atoms with Gasteiger partial charge < -0.3 is 10.4 Å². The summed E-state index contributed by atoms with van der Waals surface area (Å²) in [7, 11) is 0. The maximum absolute atomic E-state index is 12.1. The summed E-state index contributed by atoms with van der Waals surface area (Å²) >= 11 is 4.17. The monoisotopic (exact) mass is 267 g/mol. The van der Waals surface area contributed by atoms with E-state index in [1.165, 1.54) is 0 Å². The molecule has 1 aromatic carbocycles. The second-order valence-electron chi connectivity index (χ2n) is 3.96. The van der Waals surface area contributed by atoms with Crippen molar-refractivity contribution in [3.63, 3.8) is 0 Å². The third kappa shape index (κ3) is 4.89. The second kappa shape index (κ2) is 7.89. The Morgan fingerprint density at radius 3 is 2.50 bits per heavy atom. The predicted octanol–water partition coefficient (Wildman–Crippen LogP) is 1.48. The van der Waals surface area contributed by atoms with E-state index < -0.39 is 5.97 Å². The Morgan fingerprint density at radius 1 is 1.28 bits per heavy atom. The summed E-state index contributed by atoms with van der Waals surface area (Å²) in [6.45, 7) is 0.812. The van der Waals surface area contributed by atoms with E-state index in [0.717, 1.165) is 0 Å². The minimum absolute atomic E-state index is 0.0356. The zero-order chi connectivity index (χ0) is 13.4. The van der Waals surface area contributed by atoms with E-state index in [2.05, 4.69) is 17.9 Å². The molecule has 0 bridgehead atoms. The Labute approximate surface area is 112 Å². The van der Waals surface area contributed by atoms with Gasteiger partial charge in [-0.1, -0.05) is 30.3 Å². The summed E-state index contributed by atoms with van der Waals surface area (Å²) in [5, 5.41) is 11.5. The summed E-state index contributed by atoms with van der Waals surface area (Å²) < 4.78 is 0. The SMILES string of the molecule is O=C(O)CCNCC(CS)C(=O)c1ccccc1. The standard InChI is InChI=1S/C13H17NO3S/c15-12(16)6-7-14-8-11(9-18)13(17)10-4-2-1-3-5-10/h1-5,11,14,18H,6-9H2,(H,15,16). The molecule has 0 heterocycles. The van der Waals surface area contributed by atoms with E-state index in [-0.39, 0.29) is 18.1 Å². The lowest BCUT2D eigenvalue weighted by atomic mass is 9.99. The predicted molar refractivity (Wildman–Crippen MR) is 73.2 cm³/mol. The lowest BCUT2D eigenvalue weighted by Crippen LogP contribution is -2.31. The summed E-state index contributed by atoms with van der Waals surface area (Å²) in [6.07, 6.45) is 0.0544. The van der Waals surface area contributed by atoms with Crippen LogP contribution in [0.5, 0.6) is 0 Å². The Bertz CT molecular complexity index is 394. The Hall–Kier alpha value is -1.33. The molecule has 4 nitrogen and oxygen atoms in total. The number of benzene rings is 1. The fourth-order valence-electron chi connectivity index (χ4n) is 1.55. The van der Waals surface area contributed by atoms with Crippen molar-refractivity contribution >= 4 is 24.4 Å². The fraction of sp³-hybridized carbons (Fsp3) is 0.385. The van der Waals surface area contributed by atoms with Crippen LogP contribution in [0.4, 0.5) is 0 Å². The molecule has 1 aromatic rings. The lowest BCUT2D eigenvalue weighted by Gasteiger charge is -2.13. The van der Waals surface area contributed by atoms with Crippen molar-refractivity contribution in [3.8, 4) is 0 Å². The molecule has 1 rings (SSSR count). The molecule has 5 heteroatoms. The van der Waals surface area contributed by atoms with Crippen molar-refractivity contribution in [1.29, 1.82) is 0 Å². The van der Waals surface area contributed by atoms with Gasteiger partial charge in [0.1, 0.15) is 0 Å². The van der Waals surface area contributed by atoms with Crippen LogP contribution in [0.1, 0.15) is 16.8 Å². The molecular formula is C13H17NO3S. The molecule has 1 atom stereocenters. The molecule has 0 aromatic heterocycles. The third-order valence-electron chi connectivity index (χ3n) is 2.56. The Morgan fingerprint density at radius 2 is 1.94 bits per heavy atom. The van der Waals surface area contributed by atoms with E-state index in [1.807, 2.05) is 18.2 Å². The van der Waals surface area contributed by atoms with Crippen LogP contribution in [-0.4, -0.2) is 35.7 Å². The Balaban J connectivity index is 2.46. The molecule has 0 saturated heterocycles. The minimum Gasteiger partial charge on any atom is -0.481 e. The molecule has 0 fully saturated rings. The van der Waals surface area contributed by atoms with Gasteiger partial charge in [0.2, 0.25) is 0 Å². The van der Waals surface area contributed by atoms with Crippen molar-refractivity contribution in [1.82, 2.24) is 5.32 Å². The van der Waals surface area contributed by atoms with Crippen LogP contribution in [0.3, 0.4) is 0 Å². The largest absolute Gasteiger partial charge is 0.481 e. The van der Waals surface area contributed by atoms with Gasteiger partial charge >= 0.3 is 5.97 Å². The van der Waals surface area contributed by atoms with Crippen molar-refractivity contribution < 1.29 is 14.7 Å². The van der Waals surface area contributed by atoms with Crippen LogP contribution < -0.4 is 5.32 Å². The average Bonchev–Trinajstić information content (AvgIpc) is 2.39. The van der Waals surface area contributed by atoms with Gasteiger partial charge in [0.25, 0.3) is 0 Å². The number of carbonyl (C=O) groups excluding carboxylic acids is 1. The molecule has 18 heavy (non-hydrogen) atoms. The zero-order valence-corrected chi connectivity index (χ0v) is 10.9. The lowest BCUT2D eigenvalue weighted by molar-refractivity contribution is -0.136. The van der Waals surface area contributed by atoms with Gasteiger partial charge in [-0.2, -0.15) is 12.6 Å². The number of Topliss-reactive ketones (excluding diaryl/α,β-unsaturated/α-hetero) is 1. The maximum atomic E-state index is 12.1. The number of carboxylic acid groups (broad SMARTS) is 1. The highest BCUT2D eigenvalue weighted by molar-refractivity contribution is 7.80. The van der Waals surface area contributed by atoms with Gasteiger partial charge in [0.05, 0.1) is 6.42 Å². The molecule has 0 aliphatic carbocycles. The second-order valence-corrected chi connectivity index (χ2v) is 4.32. The van der Waals surface area contributed by atoms with Gasteiger partial charge in [0, 0.05) is 30.3 Å². The third-order valence-corrected chi connectivity index (χ3v) is 3.00. The summed E-state index contributed by atoms with van der Waals surface area (Å²) in [6, 6.07) is 9.05. The highest BCUT2D eigenvalue weighted by Gasteiger charge is 2.17. The minimum atomic E-state index is -0.848. The topological polar surface area (TPSA) is 66.4 Å². The van der Waals surface area contributed by atoms with E-state index in [1.54, 1.807) is 12.1 Å². The van der Waals surface area contributed by atoms with E-state index in [4.69, 9.17) is 5.11 Å². The van der Waals surface area contributed by atoms with Crippen molar-refractivity contribution in [2.24, 2.45) is 5.92 Å². The number of hydrogen-bond acceptors (Lipinski definition) is 4. The van der Waals surface area contributed by atoms with E-state index in [9.17, 15) is 9.59 Å². The first-order chi connectivity index (χ1) is 8.65. The summed E-state index contributed by atoms with van der Waals surface area (Å²) in [5.41, 5.74) is 0.664. The van der Waals surface area contributed by atoms with E-state index >= 15 is 0 Å². The first-order valence-electron chi connectivity index (χ1n) is 5.77. The smallest absolute Gasteiger partial charge is 0.304 e. The van der Waals surface area contributed by atoms with Crippen molar-refractivity contribution in [3.05, 3.63) is 35.9 Å². The average molecular weight is 267 g/mol. The van der Waals surface area contributed by atoms with Crippen LogP contribution in [0.2, 0.25) is 0 Å². The van der Waals surface area contributed by atoms with E-state index in [0.29, 0.717) is 24.4 Å². The number of thiol groups is 1. The quantitative estimate of drug-likeness (QED) is 0.379. The number of rotatable bonds is 8. The number of nitrogens with one attached hydrogen (secondary N) is 1. The first-order valence-corrected chi connectivity index (χ1v) is 6.41. The van der Waals surface area contributed by atoms with Crippen molar-refractivity contribution in [2.45, 2.75) is 6.42 Å². The number of carboxylic acids is 1. The van der Waals surface area contributed by atoms with Crippen LogP contribution in [0.25, 0.3) is 0 Å². The van der Waals surface area contributed by atoms with Crippen LogP contribution >= 0.6 is 12.6 Å². The molecule has 1 unspecified atom stereocenters. The molecule has 0 aliphatic rings. The van der Waals surface area contributed by atoms with Crippen LogP contribution in [-0.2, 0) is 4.79 Å². The number of aliphatic carboxylic acids is 1. The highest BCUT2D eigenvalue weighted by atomic mass is 32.1. The highest BCUT2D eigenvalue weighted by Crippen LogP contribution is 2.09. The van der Waals surface area contributed by atoms with Gasteiger partial charge in [-0.25, -0.2) is 0 Å². The summed E-state index contributed by atoms with van der Waals surface area (Å²) in [4.78, 5) is 22.4. The number of ketones is 1. The van der Waals surface area contributed by atoms with Gasteiger partial charge in [-0.05, 0) is 0 Å².